The van der Waals surface area contributed by atoms with E-state index in [4.69, 9.17) is 16.7 Å². The summed E-state index contributed by atoms with van der Waals surface area (Å²) in [7, 11) is 0. The van der Waals surface area contributed by atoms with Crippen molar-refractivity contribution in [3.63, 3.8) is 0 Å². The van der Waals surface area contributed by atoms with Crippen LogP contribution < -0.4 is 0 Å². The van der Waals surface area contributed by atoms with Gasteiger partial charge in [0.05, 0.1) is 6.42 Å². The average molecular weight is 225 g/mol. The topological polar surface area (TPSA) is 54.4 Å². The zero-order chi connectivity index (χ0) is 11.3. The molecule has 0 saturated heterocycles. The Kier molecular flexibility index (Phi) is 4.06. The van der Waals surface area contributed by atoms with Gasteiger partial charge < -0.3 is 5.11 Å². The molecule has 78 valence electrons. The lowest BCUT2D eigenvalue weighted by molar-refractivity contribution is -0.135. The summed E-state index contributed by atoms with van der Waals surface area (Å²) in [5.74, 6) is -0.916. The van der Waals surface area contributed by atoms with Gasteiger partial charge in [0.15, 0.2) is 6.29 Å². The van der Waals surface area contributed by atoms with Crippen LogP contribution in [0.4, 0.5) is 0 Å². The first-order chi connectivity index (χ1) is 7.13. The summed E-state index contributed by atoms with van der Waals surface area (Å²) in [6, 6.07) is 4.82. The number of carbonyl (C=O) groups excluding carboxylic acids is 1. The predicted molar refractivity (Wildman–Crippen MR) is 58.1 cm³/mol. The smallest absolute Gasteiger partial charge is 0.307 e. The molecule has 1 rings (SSSR count). The van der Waals surface area contributed by atoms with Crippen LogP contribution in [0.15, 0.2) is 24.3 Å². The van der Waals surface area contributed by atoms with E-state index >= 15 is 0 Å². The molecule has 0 unspecified atom stereocenters. The number of carboxylic acid groups (broad SMARTS) is 1. The van der Waals surface area contributed by atoms with Crippen molar-refractivity contribution in [1.82, 2.24) is 0 Å². The quantitative estimate of drug-likeness (QED) is 0.800. The molecule has 0 saturated carbocycles. The first-order valence-corrected chi connectivity index (χ1v) is 4.64. The molecular formula is C11H9ClO3. The summed E-state index contributed by atoms with van der Waals surface area (Å²) < 4.78 is 0. The zero-order valence-corrected chi connectivity index (χ0v) is 8.57. The van der Waals surface area contributed by atoms with Crippen molar-refractivity contribution in [1.29, 1.82) is 0 Å². The van der Waals surface area contributed by atoms with Crippen molar-refractivity contribution in [3.8, 4) is 0 Å². The fraction of sp³-hybridized carbons (Fsp3) is 0.0909. The van der Waals surface area contributed by atoms with E-state index in [1.54, 1.807) is 24.3 Å². The van der Waals surface area contributed by atoms with Crippen LogP contribution in [0.2, 0.25) is 5.02 Å². The molecule has 0 radical (unpaired) electrons. The molecule has 0 bridgehead atoms. The minimum Gasteiger partial charge on any atom is -0.481 e. The molecule has 4 heteroatoms. The molecule has 1 N–H and O–H groups in total. The maximum absolute atomic E-state index is 10.6. The van der Waals surface area contributed by atoms with Crippen LogP contribution in [0.5, 0.6) is 0 Å². The molecule has 0 aliphatic rings. The highest BCUT2D eigenvalue weighted by Gasteiger charge is 1.99. The van der Waals surface area contributed by atoms with Crippen molar-refractivity contribution in [2.75, 3.05) is 0 Å². The maximum Gasteiger partial charge on any atom is 0.307 e. The number of hydrogen-bond donors (Lipinski definition) is 1. The fourth-order valence-corrected chi connectivity index (χ4v) is 1.26. The lowest BCUT2D eigenvalue weighted by Crippen LogP contribution is -1.90. The lowest BCUT2D eigenvalue weighted by atomic mass is 10.1. The van der Waals surface area contributed by atoms with Gasteiger partial charge in [0.1, 0.15) is 0 Å². The molecule has 15 heavy (non-hydrogen) atoms. The Balaban J connectivity index is 2.91. The molecule has 3 nitrogen and oxygen atoms in total. The normalized spacial score (nSPS) is 10.5. The van der Waals surface area contributed by atoms with E-state index in [0.717, 1.165) is 0 Å². The number of rotatable bonds is 4. The van der Waals surface area contributed by atoms with E-state index in [1.165, 1.54) is 6.08 Å². The highest BCUT2D eigenvalue weighted by molar-refractivity contribution is 6.30. The summed E-state index contributed by atoms with van der Waals surface area (Å²) in [4.78, 5) is 20.9. The Labute approximate surface area is 92.0 Å². The van der Waals surface area contributed by atoms with Crippen LogP contribution >= 0.6 is 11.6 Å². The van der Waals surface area contributed by atoms with Crippen LogP contribution in [0, 0.1) is 0 Å². The second kappa shape index (κ2) is 5.32. The number of aldehydes is 1. The van der Waals surface area contributed by atoms with Crippen LogP contribution in [-0.4, -0.2) is 17.4 Å². The van der Waals surface area contributed by atoms with Gasteiger partial charge in [-0.2, -0.15) is 0 Å². The van der Waals surface area contributed by atoms with Gasteiger partial charge in [0.25, 0.3) is 0 Å². The largest absolute Gasteiger partial charge is 0.481 e. The molecule has 0 heterocycles. The van der Waals surface area contributed by atoms with E-state index in [1.807, 2.05) is 0 Å². The van der Waals surface area contributed by atoms with E-state index in [2.05, 4.69) is 0 Å². The molecule has 0 fully saturated rings. The monoisotopic (exact) mass is 224 g/mol. The minimum absolute atomic E-state index is 0.0786. The average Bonchev–Trinajstić information content (AvgIpc) is 2.17. The molecular weight excluding hydrogens is 216 g/mol. The Morgan fingerprint density at radius 1 is 1.40 bits per heavy atom. The minimum atomic E-state index is -0.916. The van der Waals surface area contributed by atoms with Crippen molar-refractivity contribution in [2.45, 2.75) is 6.42 Å². The lowest BCUT2D eigenvalue weighted by Gasteiger charge is -1.98. The first kappa shape index (κ1) is 11.5. The van der Waals surface area contributed by atoms with Crippen molar-refractivity contribution < 1.29 is 14.7 Å². The van der Waals surface area contributed by atoms with E-state index < -0.39 is 5.97 Å². The Morgan fingerprint density at radius 3 is 2.73 bits per heavy atom. The van der Waals surface area contributed by atoms with Gasteiger partial charge in [-0.1, -0.05) is 23.8 Å². The van der Waals surface area contributed by atoms with E-state index in [9.17, 15) is 9.59 Å². The van der Waals surface area contributed by atoms with Gasteiger partial charge in [-0.05, 0) is 23.8 Å². The highest BCUT2D eigenvalue weighted by Crippen LogP contribution is 2.16. The molecule has 0 amide bonds. The van der Waals surface area contributed by atoms with Gasteiger partial charge in [-0.15, -0.1) is 0 Å². The number of benzene rings is 1. The van der Waals surface area contributed by atoms with Gasteiger partial charge in [-0.25, -0.2) is 0 Å². The first-order valence-electron chi connectivity index (χ1n) is 4.26. The van der Waals surface area contributed by atoms with Gasteiger partial charge in [-0.3, -0.25) is 9.59 Å². The fourth-order valence-electron chi connectivity index (χ4n) is 1.08. The highest BCUT2D eigenvalue weighted by atomic mass is 35.5. The van der Waals surface area contributed by atoms with Crippen LogP contribution in [0.25, 0.3) is 6.08 Å². The van der Waals surface area contributed by atoms with Crippen molar-refractivity contribution >= 4 is 29.9 Å². The number of carboxylic acids is 1. The van der Waals surface area contributed by atoms with Gasteiger partial charge >= 0.3 is 5.97 Å². The summed E-state index contributed by atoms with van der Waals surface area (Å²) in [6.07, 6.45) is 3.67. The van der Waals surface area contributed by atoms with Gasteiger partial charge in [0, 0.05) is 10.6 Å². The Hall–Kier alpha value is -1.61. The number of carbonyl (C=O) groups is 2. The SMILES string of the molecule is O=Cc1ccc(Cl)cc1C=CCC(=O)O. The third kappa shape index (κ3) is 3.56. The second-order valence-corrected chi connectivity index (χ2v) is 3.33. The molecule has 0 aliphatic heterocycles. The van der Waals surface area contributed by atoms with Crippen LogP contribution in [-0.2, 0) is 4.79 Å². The second-order valence-electron chi connectivity index (χ2n) is 2.89. The molecule has 0 aliphatic carbocycles. The summed E-state index contributed by atoms with van der Waals surface area (Å²) >= 11 is 5.75. The van der Waals surface area contributed by atoms with Crippen LogP contribution in [0.1, 0.15) is 22.3 Å². The summed E-state index contributed by atoms with van der Waals surface area (Å²) in [5.41, 5.74) is 1.11. The molecule has 1 aromatic carbocycles. The van der Waals surface area contributed by atoms with Gasteiger partial charge in [0.2, 0.25) is 0 Å². The van der Waals surface area contributed by atoms with E-state index in [0.29, 0.717) is 22.4 Å². The number of halogens is 1. The third-order valence-corrected chi connectivity index (χ3v) is 2.00. The predicted octanol–water partition coefficient (Wildman–Crippen LogP) is 2.64. The maximum atomic E-state index is 10.6. The standard InChI is InChI=1S/C11H9ClO3/c12-10-5-4-9(7-13)8(6-10)2-1-3-11(14)15/h1-2,4-7H,3H2,(H,14,15). The molecule has 0 aromatic heterocycles. The molecule has 0 spiro atoms. The van der Waals surface area contributed by atoms with E-state index in [-0.39, 0.29) is 6.42 Å². The van der Waals surface area contributed by atoms with Crippen LogP contribution in [0.3, 0.4) is 0 Å². The van der Waals surface area contributed by atoms with Crippen molar-refractivity contribution in [3.05, 3.63) is 40.4 Å². The molecule has 1 aromatic rings. The molecule has 0 atom stereocenters. The Morgan fingerprint density at radius 2 is 2.13 bits per heavy atom. The summed E-state index contributed by atoms with van der Waals surface area (Å²) in [5, 5.41) is 8.94. The van der Waals surface area contributed by atoms with Crippen molar-refractivity contribution in [2.24, 2.45) is 0 Å². The number of aliphatic carboxylic acids is 1. The summed E-state index contributed by atoms with van der Waals surface area (Å²) in [6.45, 7) is 0. The third-order valence-electron chi connectivity index (χ3n) is 1.77. The Bertz CT molecular complexity index is 410. The number of hydrogen-bond acceptors (Lipinski definition) is 2. The zero-order valence-electron chi connectivity index (χ0n) is 7.81.